The lowest BCUT2D eigenvalue weighted by Gasteiger charge is -2.47. The summed E-state index contributed by atoms with van der Waals surface area (Å²) in [5, 5.41) is 0. The number of ether oxygens (including phenoxy) is 1. The van der Waals surface area contributed by atoms with Gasteiger partial charge in [0, 0.05) is 30.6 Å². The Hall–Kier alpha value is -1.51. The first kappa shape index (κ1) is 12.5. The molecule has 0 saturated carbocycles. The maximum absolute atomic E-state index is 11.7. The zero-order valence-corrected chi connectivity index (χ0v) is 11.5. The zero-order chi connectivity index (χ0) is 13.2. The molecule has 2 heterocycles. The predicted molar refractivity (Wildman–Crippen MR) is 75.8 cm³/mol. The standard InChI is InChI=1S/C16H21NO2/c1-2-19-16-8-6-12(7-9-16)17-13-4-3-5-14(17)11-15(18)10-13/h6-9,13-14H,2-5,10-11H2,1H3. The van der Waals surface area contributed by atoms with Gasteiger partial charge in [-0.15, -0.1) is 0 Å². The van der Waals surface area contributed by atoms with Gasteiger partial charge >= 0.3 is 0 Å². The third kappa shape index (κ3) is 2.46. The van der Waals surface area contributed by atoms with Crippen molar-refractivity contribution in [1.82, 2.24) is 0 Å². The van der Waals surface area contributed by atoms with E-state index in [4.69, 9.17) is 4.74 Å². The Morgan fingerprint density at radius 3 is 2.37 bits per heavy atom. The Balaban J connectivity index is 1.82. The van der Waals surface area contributed by atoms with Crippen LogP contribution in [0.3, 0.4) is 0 Å². The van der Waals surface area contributed by atoms with Crippen LogP contribution in [0.2, 0.25) is 0 Å². The first-order valence-corrected chi connectivity index (χ1v) is 7.31. The van der Waals surface area contributed by atoms with Crippen LogP contribution in [0.4, 0.5) is 5.69 Å². The van der Waals surface area contributed by atoms with Crippen molar-refractivity contribution in [2.75, 3.05) is 11.5 Å². The molecule has 19 heavy (non-hydrogen) atoms. The topological polar surface area (TPSA) is 29.5 Å². The molecule has 0 aliphatic carbocycles. The summed E-state index contributed by atoms with van der Waals surface area (Å²) >= 11 is 0. The fourth-order valence-corrected chi connectivity index (χ4v) is 3.48. The van der Waals surface area contributed by atoms with Crippen molar-refractivity contribution in [1.29, 1.82) is 0 Å². The number of anilines is 1. The molecule has 1 aromatic rings. The highest BCUT2D eigenvalue weighted by molar-refractivity contribution is 5.82. The van der Waals surface area contributed by atoms with E-state index in [1.165, 1.54) is 12.1 Å². The van der Waals surface area contributed by atoms with E-state index in [9.17, 15) is 4.79 Å². The number of carbonyl (C=O) groups is 1. The fraction of sp³-hybridized carbons (Fsp3) is 0.562. The van der Waals surface area contributed by atoms with Crippen LogP contribution >= 0.6 is 0 Å². The van der Waals surface area contributed by atoms with E-state index in [2.05, 4.69) is 17.0 Å². The molecular formula is C16H21NO2. The minimum absolute atomic E-state index is 0.415. The number of ketones is 1. The monoisotopic (exact) mass is 259 g/mol. The van der Waals surface area contributed by atoms with Crippen molar-refractivity contribution in [2.24, 2.45) is 0 Å². The first-order valence-electron chi connectivity index (χ1n) is 7.31. The quantitative estimate of drug-likeness (QED) is 0.835. The molecule has 2 aliphatic rings. The summed E-state index contributed by atoms with van der Waals surface area (Å²) in [4.78, 5) is 14.2. The number of rotatable bonds is 3. The predicted octanol–water partition coefficient (Wildman–Crippen LogP) is 3.18. The minimum atomic E-state index is 0.415. The Morgan fingerprint density at radius 1 is 1.16 bits per heavy atom. The summed E-state index contributed by atoms with van der Waals surface area (Å²) in [6.45, 7) is 2.69. The average molecular weight is 259 g/mol. The van der Waals surface area contributed by atoms with Crippen LogP contribution < -0.4 is 9.64 Å². The molecule has 1 aromatic carbocycles. The number of nitrogens with zero attached hydrogens (tertiary/aromatic N) is 1. The molecule has 2 aliphatic heterocycles. The lowest BCUT2D eigenvalue weighted by Crippen LogP contribution is -2.52. The minimum Gasteiger partial charge on any atom is -0.494 e. The summed E-state index contributed by atoms with van der Waals surface area (Å²) in [7, 11) is 0. The molecule has 2 saturated heterocycles. The molecule has 2 unspecified atom stereocenters. The van der Waals surface area contributed by atoms with Crippen molar-refractivity contribution in [2.45, 2.75) is 51.1 Å². The summed E-state index contributed by atoms with van der Waals surface area (Å²) in [6.07, 6.45) is 5.01. The lowest BCUT2D eigenvalue weighted by molar-refractivity contribution is -0.121. The third-order valence-corrected chi connectivity index (χ3v) is 4.23. The maximum Gasteiger partial charge on any atom is 0.137 e. The Morgan fingerprint density at radius 2 is 1.79 bits per heavy atom. The number of fused-ring (bicyclic) bond motifs is 2. The molecule has 0 aromatic heterocycles. The molecule has 3 rings (SSSR count). The van der Waals surface area contributed by atoms with Gasteiger partial charge in [0.1, 0.15) is 11.5 Å². The second kappa shape index (κ2) is 5.24. The molecule has 0 radical (unpaired) electrons. The van der Waals surface area contributed by atoms with Gasteiger partial charge in [-0.2, -0.15) is 0 Å². The highest BCUT2D eigenvalue weighted by Crippen LogP contribution is 2.36. The van der Waals surface area contributed by atoms with Crippen LogP contribution in [-0.4, -0.2) is 24.5 Å². The maximum atomic E-state index is 11.7. The molecule has 3 heteroatoms. The van der Waals surface area contributed by atoms with Gasteiger partial charge in [0.15, 0.2) is 0 Å². The molecule has 2 atom stereocenters. The number of benzene rings is 1. The van der Waals surface area contributed by atoms with E-state index >= 15 is 0 Å². The Bertz CT molecular complexity index is 438. The van der Waals surface area contributed by atoms with E-state index in [-0.39, 0.29) is 0 Å². The molecular weight excluding hydrogens is 238 g/mol. The number of Topliss-reactive ketones (excluding diaryl/α,β-unsaturated/α-hetero) is 1. The van der Waals surface area contributed by atoms with Gasteiger partial charge in [0.2, 0.25) is 0 Å². The van der Waals surface area contributed by atoms with Crippen LogP contribution in [0.15, 0.2) is 24.3 Å². The summed E-state index contributed by atoms with van der Waals surface area (Å²) in [5.74, 6) is 1.36. The summed E-state index contributed by atoms with van der Waals surface area (Å²) < 4.78 is 5.49. The van der Waals surface area contributed by atoms with Gasteiger partial charge in [0.05, 0.1) is 6.61 Å². The smallest absolute Gasteiger partial charge is 0.137 e. The van der Waals surface area contributed by atoms with Crippen LogP contribution in [0.25, 0.3) is 0 Å². The van der Waals surface area contributed by atoms with Crippen molar-refractivity contribution in [3.05, 3.63) is 24.3 Å². The van der Waals surface area contributed by atoms with Gasteiger partial charge in [-0.3, -0.25) is 4.79 Å². The normalized spacial score (nSPS) is 26.4. The van der Waals surface area contributed by atoms with E-state index in [1.54, 1.807) is 0 Å². The van der Waals surface area contributed by atoms with Crippen molar-refractivity contribution in [3.63, 3.8) is 0 Å². The number of piperidine rings is 2. The van der Waals surface area contributed by atoms with E-state index in [0.29, 0.717) is 24.5 Å². The van der Waals surface area contributed by atoms with Gasteiger partial charge < -0.3 is 9.64 Å². The summed E-state index contributed by atoms with van der Waals surface area (Å²) in [5.41, 5.74) is 1.24. The van der Waals surface area contributed by atoms with E-state index in [1.807, 2.05) is 19.1 Å². The van der Waals surface area contributed by atoms with Crippen LogP contribution in [-0.2, 0) is 4.79 Å². The molecule has 0 N–H and O–H groups in total. The average Bonchev–Trinajstić information content (AvgIpc) is 2.39. The molecule has 102 valence electrons. The molecule has 0 amide bonds. The molecule has 2 fully saturated rings. The van der Waals surface area contributed by atoms with Crippen LogP contribution in [0.1, 0.15) is 39.0 Å². The highest BCUT2D eigenvalue weighted by Gasteiger charge is 2.37. The largest absolute Gasteiger partial charge is 0.494 e. The first-order chi connectivity index (χ1) is 9.28. The van der Waals surface area contributed by atoms with Crippen molar-refractivity contribution < 1.29 is 9.53 Å². The zero-order valence-electron chi connectivity index (χ0n) is 11.5. The Labute approximate surface area is 114 Å². The van der Waals surface area contributed by atoms with Gasteiger partial charge in [-0.05, 0) is 50.5 Å². The number of hydrogen-bond donors (Lipinski definition) is 0. The second-order valence-electron chi connectivity index (χ2n) is 5.52. The highest BCUT2D eigenvalue weighted by atomic mass is 16.5. The van der Waals surface area contributed by atoms with Gasteiger partial charge in [0.25, 0.3) is 0 Å². The van der Waals surface area contributed by atoms with Crippen molar-refractivity contribution in [3.8, 4) is 5.75 Å². The molecule has 2 bridgehead atoms. The Kier molecular flexibility index (Phi) is 3.45. The van der Waals surface area contributed by atoms with E-state index in [0.717, 1.165) is 31.4 Å². The van der Waals surface area contributed by atoms with Crippen LogP contribution in [0, 0.1) is 0 Å². The van der Waals surface area contributed by atoms with Crippen LogP contribution in [0.5, 0.6) is 5.75 Å². The second-order valence-corrected chi connectivity index (χ2v) is 5.52. The van der Waals surface area contributed by atoms with E-state index < -0.39 is 0 Å². The van der Waals surface area contributed by atoms with Gasteiger partial charge in [-0.25, -0.2) is 0 Å². The molecule has 0 spiro atoms. The molecule has 3 nitrogen and oxygen atoms in total. The summed E-state index contributed by atoms with van der Waals surface area (Å²) in [6, 6.07) is 9.16. The number of hydrogen-bond acceptors (Lipinski definition) is 3. The van der Waals surface area contributed by atoms with Crippen molar-refractivity contribution >= 4 is 11.5 Å². The lowest BCUT2D eigenvalue weighted by atomic mass is 9.83. The fourth-order valence-electron chi connectivity index (χ4n) is 3.48. The SMILES string of the molecule is CCOc1ccc(N2C3CCCC2CC(=O)C3)cc1. The third-order valence-electron chi connectivity index (χ3n) is 4.23. The van der Waals surface area contributed by atoms with Gasteiger partial charge in [-0.1, -0.05) is 0 Å². The number of carbonyl (C=O) groups excluding carboxylic acids is 1.